The molecule has 0 radical (unpaired) electrons. The van der Waals surface area contributed by atoms with Crippen molar-refractivity contribution in [1.82, 2.24) is 19.7 Å². The van der Waals surface area contributed by atoms with E-state index in [4.69, 9.17) is 4.74 Å². The zero-order valence-electron chi connectivity index (χ0n) is 20.0. The van der Waals surface area contributed by atoms with Crippen LogP contribution in [0.15, 0.2) is 59.8 Å². The van der Waals surface area contributed by atoms with Crippen molar-refractivity contribution in [2.24, 2.45) is 7.05 Å². The highest BCUT2D eigenvalue weighted by Gasteiger charge is 2.32. The molecule has 0 bridgehead atoms. The number of ether oxygens (including phenoxy) is 1. The summed E-state index contributed by atoms with van der Waals surface area (Å²) in [6, 6.07) is 16.9. The van der Waals surface area contributed by atoms with Crippen molar-refractivity contribution >= 4 is 45.7 Å². The van der Waals surface area contributed by atoms with Crippen LogP contribution >= 0.6 is 23.1 Å². The molecule has 9 nitrogen and oxygen atoms in total. The van der Waals surface area contributed by atoms with Crippen LogP contribution in [0.5, 0.6) is 5.75 Å². The summed E-state index contributed by atoms with van der Waals surface area (Å²) in [5, 5.41) is 12.6. The Labute approximate surface area is 216 Å². The number of rotatable bonds is 7. The Hall–Kier alpha value is -3.70. The largest absolute Gasteiger partial charge is 0.482 e. The minimum absolute atomic E-state index is 0.0246. The number of para-hydroxylation sites is 2. The van der Waals surface area contributed by atoms with Crippen LogP contribution in [0, 0.1) is 6.92 Å². The van der Waals surface area contributed by atoms with Crippen LogP contribution < -0.4 is 15.0 Å². The van der Waals surface area contributed by atoms with Crippen molar-refractivity contribution in [2.45, 2.75) is 25.0 Å². The third-order valence-corrected chi connectivity index (χ3v) is 7.70. The number of anilines is 2. The van der Waals surface area contributed by atoms with Gasteiger partial charge in [0, 0.05) is 17.5 Å². The number of hydrogen-bond acceptors (Lipinski definition) is 8. The van der Waals surface area contributed by atoms with Gasteiger partial charge in [0.15, 0.2) is 22.7 Å². The fourth-order valence-electron chi connectivity index (χ4n) is 4.08. The van der Waals surface area contributed by atoms with E-state index < -0.39 is 0 Å². The predicted molar refractivity (Wildman–Crippen MR) is 140 cm³/mol. The van der Waals surface area contributed by atoms with Crippen LogP contribution in [0.4, 0.5) is 10.8 Å². The summed E-state index contributed by atoms with van der Waals surface area (Å²) in [4.78, 5) is 32.6. The summed E-state index contributed by atoms with van der Waals surface area (Å²) in [5.41, 5.74) is 2.59. The Morgan fingerprint density at radius 1 is 1.17 bits per heavy atom. The van der Waals surface area contributed by atoms with Crippen molar-refractivity contribution in [3.8, 4) is 17.0 Å². The molecule has 0 aliphatic carbocycles. The predicted octanol–water partition coefficient (Wildman–Crippen LogP) is 4.46. The van der Waals surface area contributed by atoms with Gasteiger partial charge in [0.25, 0.3) is 5.91 Å². The normalized spacial score (nSPS) is 13.8. The van der Waals surface area contributed by atoms with Gasteiger partial charge in [-0.15, -0.1) is 21.5 Å². The number of carbonyl (C=O) groups is 2. The molecule has 5 rings (SSSR count). The lowest BCUT2D eigenvalue weighted by Gasteiger charge is -2.33. The number of fused-ring (bicyclic) bond motifs is 1. The smallest absolute Gasteiger partial charge is 0.265 e. The Balaban J connectivity index is 1.25. The van der Waals surface area contributed by atoms with Crippen LogP contribution in [0.1, 0.15) is 23.7 Å². The average molecular weight is 521 g/mol. The molecule has 1 unspecified atom stereocenters. The molecule has 2 amide bonds. The highest BCUT2D eigenvalue weighted by molar-refractivity contribution is 7.99. The maximum atomic E-state index is 12.7. The lowest BCUT2D eigenvalue weighted by Crippen LogP contribution is -2.41. The van der Waals surface area contributed by atoms with Gasteiger partial charge in [0.2, 0.25) is 5.91 Å². The molecule has 0 fully saturated rings. The van der Waals surface area contributed by atoms with E-state index in [1.807, 2.05) is 80.1 Å². The summed E-state index contributed by atoms with van der Waals surface area (Å²) in [6.45, 7) is 3.87. The van der Waals surface area contributed by atoms with E-state index in [0.717, 1.165) is 16.1 Å². The van der Waals surface area contributed by atoms with Gasteiger partial charge in [-0.05, 0) is 26.0 Å². The van der Waals surface area contributed by atoms with E-state index in [0.29, 0.717) is 27.5 Å². The molecule has 2 aromatic carbocycles. The van der Waals surface area contributed by atoms with Crippen molar-refractivity contribution in [3.63, 3.8) is 0 Å². The average Bonchev–Trinajstić information content (AvgIpc) is 3.44. The topological polar surface area (TPSA) is 102 Å². The first-order valence-electron chi connectivity index (χ1n) is 11.3. The summed E-state index contributed by atoms with van der Waals surface area (Å²) >= 11 is 2.73. The highest BCUT2D eigenvalue weighted by Crippen LogP contribution is 2.37. The lowest BCUT2D eigenvalue weighted by molar-refractivity contribution is -0.121. The molecule has 1 atom stereocenters. The number of aryl methyl sites for hydroxylation is 1. The Kier molecular flexibility index (Phi) is 6.75. The summed E-state index contributed by atoms with van der Waals surface area (Å²) < 4.78 is 7.36. The lowest BCUT2D eigenvalue weighted by atomic mass is 10.1. The molecule has 1 aliphatic heterocycles. The second-order valence-electron chi connectivity index (χ2n) is 8.22. The van der Waals surface area contributed by atoms with E-state index in [2.05, 4.69) is 20.5 Å². The third kappa shape index (κ3) is 4.71. The van der Waals surface area contributed by atoms with Gasteiger partial charge >= 0.3 is 0 Å². The number of carbonyl (C=O) groups excluding carboxylic acids is 2. The summed E-state index contributed by atoms with van der Waals surface area (Å²) in [5.74, 6) is 1.10. The number of nitrogens with zero attached hydrogens (tertiary/aromatic N) is 5. The number of thiazole rings is 1. The number of thioether (sulfide) groups is 1. The van der Waals surface area contributed by atoms with Crippen LogP contribution in [-0.2, 0) is 16.6 Å². The first-order chi connectivity index (χ1) is 17.4. The molecule has 1 N–H and O–H groups in total. The third-order valence-electron chi connectivity index (χ3n) is 5.80. The van der Waals surface area contributed by atoms with Gasteiger partial charge < -0.3 is 14.6 Å². The number of benzene rings is 2. The number of aromatic nitrogens is 4. The summed E-state index contributed by atoms with van der Waals surface area (Å²) in [7, 11) is 1.83. The van der Waals surface area contributed by atoms with Gasteiger partial charge in [0.05, 0.1) is 23.2 Å². The molecule has 0 saturated heterocycles. The molecule has 1 aliphatic rings. The monoisotopic (exact) mass is 520 g/mol. The fraction of sp³-hybridized carbons (Fsp3) is 0.240. The number of nitrogens with one attached hydrogen (secondary N) is 1. The zero-order chi connectivity index (χ0) is 25.2. The molecule has 184 valence electrons. The van der Waals surface area contributed by atoms with Crippen molar-refractivity contribution in [1.29, 1.82) is 0 Å². The zero-order valence-corrected chi connectivity index (χ0v) is 21.6. The van der Waals surface area contributed by atoms with Crippen molar-refractivity contribution in [2.75, 3.05) is 22.6 Å². The highest BCUT2D eigenvalue weighted by atomic mass is 32.2. The van der Waals surface area contributed by atoms with Crippen LogP contribution in [-0.4, -0.2) is 43.9 Å². The molecule has 4 aromatic rings. The van der Waals surface area contributed by atoms with E-state index in [9.17, 15) is 9.59 Å². The molecular formula is C25H24N6O3S2. The maximum Gasteiger partial charge on any atom is 0.265 e. The SMILES string of the molecule is Cc1sc(NC(=O)CSc2nnc(C(C)N3C(=O)COc4ccccc43)n2C)nc1-c1ccccc1. The van der Waals surface area contributed by atoms with Crippen LogP contribution in [0.25, 0.3) is 11.3 Å². The molecular weight excluding hydrogens is 496 g/mol. The van der Waals surface area contributed by atoms with Gasteiger partial charge in [0.1, 0.15) is 5.75 Å². The van der Waals surface area contributed by atoms with Gasteiger partial charge in [-0.25, -0.2) is 4.98 Å². The van der Waals surface area contributed by atoms with E-state index in [-0.39, 0.29) is 30.2 Å². The first-order valence-corrected chi connectivity index (χ1v) is 13.1. The van der Waals surface area contributed by atoms with Crippen molar-refractivity contribution in [3.05, 3.63) is 65.3 Å². The number of amides is 2. The van der Waals surface area contributed by atoms with Crippen molar-refractivity contribution < 1.29 is 14.3 Å². The summed E-state index contributed by atoms with van der Waals surface area (Å²) in [6.07, 6.45) is 0. The van der Waals surface area contributed by atoms with E-state index >= 15 is 0 Å². The number of hydrogen-bond donors (Lipinski definition) is 1. The molecule has 11 heteroatoms. The standard InChI is InChI=1S/C25H24N6O3S2/c1-15(31-18-11-7-8-12-19(18)34-13-21(31)33)23-28-29-25(30(23)3)35-14-20(32)26-24-27-22(16(2)36-24)17-9-5-4-6-10-17/h4-12,15H,13-14H2,1-3H3,(H,26,27,32). The minimum Gasteiger partial charge on any atom is -0.482 e. The van der Waals surface area contributed by atoms with Gasteiger partial charge in [-0.2, -0.15) is 0 Å². The van der Waals surface area contributed by atoms with E-state index in [1.54, 1.807) is 4.90 Å². The molecule has 3 heterocycles. The maximum absolute atomic E-state index is 12.7. The Morgan fingerprint density at radius 2 is 1.92 bits per heavy atom. The molecule has 36 heavy (non-hydrogen) atoms. The van der Waals surface area contributed by atoms with Crippen LogP contribution in [0.3, 0.4) is 0 Å². The first kappa shape index (κ1) is 24.0. The second-order valence-corrected chi connectivity index (χ2v) is 10.4. The Morgan fingerprint density at radius 3 is 2.72 bits per heavy atom. The van der Waals surface area contributed by atoms with Gasteiger partial charge in [-0.3, -0.25) is 14.5 Å². The molecule has 0 saturated carbocycles. The van der Waals surface area contributed by atoms with Crippen LogP contribution in [0.2, 0.25) is 0 Å². The minimum atomic E-state index is -0.363. The fourth-order valence-corrected chi connectivity index (χ4v) is 5.65. The van der Waals surface area contributed by atoms with E-state index in [1.165, 1.54) is 23.1 Å². The Bertz CT molecular complexity index is 1420. The quantitative estimate of drug-likeness (QED) is 0.359. The van der Waals surface area contributed by atoms with Gasteiger partial charge in [-0.1, -0.05) is 54.2 Å². The molecule has 2 aromatic heterocycles. The molecule has 0 spiro atoms. The second kappa shape index (κ2) is 10.1.